The zero-order chi connectivity index (χ0) is 14.8. The fourth-order valence-corrected chi connectivity index (χ4v) is 2.91. The molecule has 1 unspecified atom stereocenters. The summed E-state index contributed by atoms with van der Waals surface area (Å²) in [4.78, 5) is 4.48. The van der Waals surface area contributed by atoms with Crippen LogP contribution in [-0.4, -0.2) is 19.2 Å². The smallest absolute Gasteiger partial charge is 0.162 e. The Hall–Kier alpha value is -1.94. The Kier molecular flexibility index (Phi) is 3.88. The molecule has 0 saturated carbocycles. The highest BCUT2D eigenvalue weighted by Gasteiger charge is 2.24. The van der Waals surface area contributed by atoms with Gasteiger partial charge in [-0.2, -0.15) is 0 Å². The highest BCUT2D eigenvalue weighted by molar-refractivity contribution is 6.33. The molecule has 0 saturated heterocycles. The van der Waals surface area contributed by atoms with Crippen LogP contribution in [0.25, 0.3) is 0 Å². The van der Waals surface area contributed by atoms with E-state index in [1.807, 2.05) is 18.3 Å². The van der Waals surface area contributed by atoms with E-state index < -0.39 is 0 Å². The van der Waals surface area contributed by atoms with E-state index in [9.17, 15) is 0 Å². The maximum absolute atomic E-state index is 6.32. The molecule has 5 heteroatoms. The lowest BCUT2D eigenvalue weighted by Crippen LogP contribution is -2.09. The number of pyridine rings is 1. The zero-order valence-corrected chi connectivity index (χ0v) is 12.8. The van der Waals surface area contributed by atoms with E-state index in [4.69, 9.17) is 21.1 Å². The first-order valence-corrected chi connectivity index (χ1v) is 7.22. The van der Waals surface area contributed by atoms with E-state index in [2.05, 4.69) is 16.4 Å². The minimum atomic E-state index is 0.178. The Morgan fingerprint density at radius 3 is 2.76 bits per heavy atom. The first-order chi connectivity index (χ1) is 10.2. The summed E-state index contributed by atoms with van der Waals surface area (Å²) in [6.07, 6.45) is 3.87. The monoisotopic (exact) mass is 304 g/mol. The van der Waals surface area contributed by atoms with E-state index in [1.165, 1.54) is 5.56 Å². The lowest BCUT2D eigenvalue weighted by molar-refractivity contribution is 0.355. The SMILES string of the molecule is COc1cc(Cl)c(NC2CCc3cccnc32)cc1OC. The number of ether oxygens (including phenoxy) is 2. The molecule has 0 radical (unpaired) electrons. The molecule has 0 fully saturated rings. The highest BCUT2D eigenvalue weighted by atomic mass is 35.5. The molecule has 1 aliphatic rings. The first-order valence-electron chi connectivity index (χ1n) is 6.84. The van der Waals surface area contributed by atoms with Gasteiger partial charge in [0.15, 0.2) is 11.5 Å². The lowest BCUT2D eigenvalue weighted by atomic mass is 10.2. The third-order valence-corrected chi connectivity index (χ3v) is 4.07. The first kappa shape index (κ1) is 14.0. The molecule has 0 aliphatic heterocycles. The Labute approximate surface area is 129 Å². The summed E-state index contributed by atoms with van der Waals surface area (Å²) in [7, 11) is 3.21. The van der Waals surface area contributed by atoms with Crippen LogP contribution in [0.5, 0.6) is 11.5 Å². The van der Waals surface area contributed by atoms with Crippen LogP contribution >= 0.6 is 11.6 Å². The summed E-state index contributed by atoms with van der Waals surface area (Å²) < 4.78 is 10.6. The molecule has 0 spiro atoms. The van der Waals surface area contributed by atoms with Crippen molar-refractivity contribution in [1.82, 2.24) is 4.98 Å². The van der Waals surface area contributed by atoms with Gasteiger partial charge in [-0.05, 0) is 24.5 Å². The van der Waals surface area contributed by atoms with Crippen molar-refractivity contribution in [3.63, 3.8) is 0 Å². The molecule has 1 aromatic carbocycles. The topological polar surface area (TPSA) is 43.4 Å². The number of benzene rings is 1. The summed E-state index contributed by atoms with van der Waals surface area (Å²) in [6.45, 7) is 0. The molecular formula is C16H17ClN2O2. The molecule has 0 amide bonds. The van der Waals surface area contributed by atoms with Crippen LogP contribution in [0.15, 0.2) is 30.5 Å². The number of aryl methyl sites for hydroxylation is 1. The van der Waals surface area contributed by atoms with Gasteiger partial charge in [-0.3, -0.25) is 4.98 Å². The number of anilines is 1. The minimum absolute atomic E-state index is 0.178. The van der Waals surface area contributed by atoms with Crippen LogP contribution in [0, 0.1) is 0 Å². The van der Waals surface area contributed by atoms with Gasteiger partial charge in [-0.25, -0.2) is 0 Å². The Morgan fingerprint density at radius 2 is 2.00 bits per heavy atom. The molecule has 21 heavy (non-hydrogen) atoms. The van der Waals surface area contributed by atoms with Crippen molar-refractivity contribution in [2.75, 3.05) is 19.5 Å². The number of fused-ring (bicyclic) bond motifs is 1. The second-order valence-corrected chi connectivity index (χ2v) is 5.38. The molecule has 1 aromatic heterocycles. The average Bonchev–Trinajstić information content (AvgIpc) is 2.92. The van der Waals surface area contributed by atoms with Crippen molar-refractivity contribution in [3.8, 4) is 11.5 Å². The van der Waals surface area contributed by atoms with Crippen LogP contribution in [0.4, 0.5) is 5.69 Å². The fraction of sp³-hybridized carbons (Fsp3) is 0.312. The van der Waals surface area contributed by atoms with Gasteiger partial charge in [0.05, 0.1) is 36.7 Å². The standard InChI is InChI=1S/C16H17ClN2O2/c1-20-14-8-11(17)13(9-15(14)21-2)19-12-6-5-10-4-3-7-18-16(10)12/h3-4,7-9,12,19H,5-6H2,1-2H3. The number of halogens is 1. The number of methoxy groups -OCH3 is 2. The van der Waals surface area contributed by atoms with Gasteiger partial charge in [0.2, 0.25) is 0 Å². The van der Waals surface area contributed by atoms with Gasteiger partial charge in [-0.1, -0.05) is 17.7 Å². The largest absolute Gasteiger partial charge is 0.493 e. The second kappa shape index (κ2) is 5.82. The van der Waals surface area contributed by atoms with E-state index in [0.29, 0.717) is 16.5 Å². The summed E-state index contributed by atoms with van der Waals surface area (Å²) in [5, 5.41) is 4.07. The Morgan fingerprint density at radius 1 is 1.24 bits per heavy atom. The van der Waals surface area contributed by atoms with Crippen molar-refractivity contribution >= 4 is 17.3 Å². The summed E-state index contributed by atoms with van der Waals surface area (Å²) in [5.74, 6) is 1.28. The van der Waals surface area contributed by atoms with Crippen molar-refractivity contribution in [1.29, 1.82) is 0 Å². The van der Waals surface area contributed by atoms with Crippen LogP contribution in [0.2, 0.25) is 5.02 Å². The highest BCUT2D eigenvalue weighted by Crippen LogP contribution is 2.39. The molecule has 110 valence electrons. The quantitative estimate of drug-likeness (QED) is 0.931. The second-order valence-electron chi connectivity index (χ2n) is 4.97. The maximum Gasteiger partial charge on any atom is 0.162 e. The van der Waals surface area contributed by atoms with Crippen molar-refractivity contribution < 1.29 is 9.47 Å². The number of nitrogens with one attached hydrogen (secondary N) is 1. The van der Waals surface area contributed by atoms with Crippen LogP contribution < -0.4 is 14.8 Å². The molecule has 1 heterocycles. The molecule has 3 rings (SSSR count). The number of hydrogen-bond donors (Lipinski definition) is 1. The van der Waals surface area contributed by atoms with Gasteiger partial charge >= 0.3 is 0 Å². The van der Waals surface area contributed by atoms with Gasteiger partial charge in [-0.15, -0.1) is 0 Å². The maximum atomic E-state index is 6.32. The lowest BCUT2D eigenvalue weighted by Gasteiger charge is -2.18. The third kappa shape index (κ3) is 2.63. The number of rotatable bonds is 4. The van der Waals surface area contributed by atoms with Crippen LogP contribution in [0.3, 0.4) is 0 Å². The Bertz CT molecular complexity index is 661. The van der Waals surface area contributed by atoms with Gasteiger partial charge in [0.25, 0.3) is 0 Å². The van der Waals surface area contributed by atoms with E-state index >= 15 is 0 Å². The van der Waals surface area contributed by atoms with Gasteiger partial charge in [0.1, 0.15) is 0 Å². The third-order valence-electron chi connectivity index (χ3n) is 3.76. The fourth-order valence-electron chi connectivity index (χ4n) is 2.71. The summed E-state index contributed by atoms with van der Waals surface area (Å²) >= 11 is 6.32. The predicted molar refractivity (Wildman–Crippen MR) is 83.5 cm³/mol. The van der Waals surface area contributed by atoms with Gasteiger partial charge < -0.3 is 14.8 Å². The summed E-state index contributed by atoms with van der Waals surface area (Å²) in [5.41, 5.74) is 3.23. The van der Waals surface area contributed by atoms with E-state index in [0.717, 1.165) is 24.2 Å². The van der Waals surface area contributed by atoms with E-state index in [1.54, 1.807) is 20.3 Å². The molecule has 1 atom stereocenters. The molecule has 0 bridgehead atoms. The molecular weight excluding hydrogens is 288 g/mol. The summed E-state index contributed by atoms with van der Waals surface area (Å²) in [6, 6.07) is 7.90. The predicted octanol–water partition coefficient (Wildman–Crippen LogP) is 3.85. The van der Waals surface area contributed by atoms with Gasteiger partial charge in [0, 0.05) is 18.3 Å². The minimum Gasteiger partial charge on any atom is -0.493 e. The van der Waals surface area contributed by atoms with Crippen molar-refractivity contribution in [2.24, 2.45) is 0 Å². The zero-order valence-electron chi connectivity index (χ0n) is 12.0. The number of aromatic nitrogens is 1. The molecule has 4 nitrogen and oxygen atoms in total. The number of hydrogen-bond acceptors (Lipinski definition) is 4. The normalized spacial score (nSPS) is 16.4. The van der Waals surface area contributed by atoms with E-state index in [-0.39, 0.29) is 6.04 Å². The van der Waals surface area contributed by atoms with Crippen molar-refractivity contribution in [2.45, 2.75) is 18.9 Å². The molecule has 2 aromatic rings. The number of nitrogens with zero attached hydrogens (tertiary/aromatic N) is 1. The average molecular weight is 305 g/mol. The molecule has 1 aliphatic carbocycles. The van der Waals surface area contributed by atoms with Crippen LogP contribution in [-0.2, 0) is 6.42 Å². The molecule has 1 N–H and O–H groups in total. The van der Waals surface area contributed by atoms with Crippen LogP contribution in [0.1, 0.15) is 23.7 Å². The van der Waals surface area contributed by atoms with Crippen molar-refractivity contribution in [3.05, 3.63) is 46.7 Å². The Balaban J connectivity index is 1.89.